The molecule has 1 heterocycles. The summed E-state index contributed by atoms with van der Waals surface area (Å²) in [6.45, 7) is -0.549. The average molecular weight is 505 g/mol. The number of nitrogens with one attached hydrogen (secondary N) is 1. The third-order valence-electron chi connectivity index (χ3n) is 5.07. The second kappa shape index (κ2) is 10.9. The van der Waals surface area contributed by atoms with Crippen LogP contribution in [0.3, 0.4) is 0 Å². The topological polar surface area (TPSA) is 92.3 Å². The van der Waals surface area contributed by atoms with E-state index in [1.165, 1.54) is 0 Å². The zero-order chi connectivity index (χ0) is 24.8. The van der Waals surface area contributed by atoms with E-state index < -0.39 is 18.5 Å². The molecule has 0 spiro atoms. The summed E-state index contributed by atoms with van der Waals surface area (Å²) in [6, 6.07) is 25.5. The van der Waals surface area contributed by atoms with Gasteiger partial charge in [-0.3, -0.25) is 14.9 Å². The average Bonchev–Trinajstić information content (AvgIpc) is 3.24. The number of esters is 1. The molecule has 0 saturated heterocycles. The molecule has 6 nitrogen and oxygen atoms in total. The number of hydrogen-bond donors (Lipinski definition) is 1. The highest BCUT2D eigenvalue weighted by atomic mass is 35.5. The number of ether oxygens (including phenoxy) is 1. The Hall–Kier alpha value is -4.05. The Bertz CT molecular complexity index is 1410. The lowest BCUT2D eigenvalue weighted by Crippen LogP contribution is -2.21. The van der Waals surface area contributed by atoms with Crippen molar-refractivity contribution in [3.8, 4) is 28.5 Å². The van der Waals surface area contributed by atoms with Gasteiger partial charge in [-0.25, -0.2) is 0 Å². The molecule has 174 valence electrons. The normalized spacial score (nSPS) is 10.4. The molecule has 0 atom stereocenters. The SMILES string of the molecule is N#Cc1c(NC(=O)COC(=O)Cc2ccc(Cl)c(Cl)c2)oc(-c2ccccc2)c1-c1ccccc1. The molecule has 0 aliphatic rings. The third kappa shape index (κ3) is 5.72. The van der Waals surface area contributed by atoms with Crippen molar-refractivity contribution >= 4 is 41.0 Å². The number of rotatable bonds is 7. The number of anilines is 1. The monoisotopic (exact) mass is 504 g/mol. The fraction of sp³-hybridized carbons (Fsp3) is 0.0741. The molecular weight excluding hydrogens is 487 g/mol. The summed E-state index contributed by atoms with van der Waals surface area (Å²) in [7, 11) is 0. The number of halogens is 2. The van der Waals surface area contributed by atoms with E-state index >= 15 is 0 Å². The number of nitrogens with zero attached hydrogens (tertiary/aromatic N) is 1. The van der Waals surface area contributed by atoms with Gasteiger partial charge in [0, 0.05) is 11.1 Å². The van der Waals surface area contributed by atoms with E-state index in [9.17, 15) is 14.9 Å². The zero-order valence-electron chi connectivity index (χ0n) is 18.3. The number of furan rings is 1. The number of benzene rings is 3. The summed E-state index contributed by atoms with van der Waals surface area (Å²) < 4.78 is 11.0. The van der Waals surface area contributed by atoms with E-state index in [1.807, 2.05) is 60.7 Å². The lowest BCUT2D eigenvalue weighted by molar-refractivity contribution is -0.146. The first-order valence-corrected chi connectivity index (χ1v) is 11.3. The van der Waals surface area contributed by atoms with Crippen LogP contribution in [0.1, 0.15) is 11.1 Å². The molecule has 0 bridgehead atoms. The van der Waals surface area contributed by atoms with Gasteiger partial charge >= 0.3 is 5.97 Å². The van der Waals surface area contributed by atoms with Gasteiger partial charge in [-0.1, -0.05) is 89.9 Å². The molecule has 3 aromatic carbocycles. The lowest BCUT2D eigenvalue weighted by atomic mass is 9.98. The summed E-state index contributed by atoms with van der Waals surface area (Å²) in [5.41, 5.74) is 2.84. The molecule has 35 heavy (non-hydrogen) atoms. The predicted molar refractivity (Wildman–Crippen MR) is 134 cm³/mol. The van der Waals surface area contributed by atoms with Crippen molar-refractivity contribution in [2.75, 3.05) is 11.9 Å². The Morgan fingerprint density at radius 3 is 2.20 bits per heavy atom. The smallest absolute Gasteiger partial charge is 0.310 e. The highest BCUT2D eigenvalue weighted by Gasteiger charge is 2.24. The number of hydrogen-bond acceptors (Lipinski definition) is 5. The van der Waals surface area contributed by atoms with E-state index in [2.05, 4.69) is 11.4 Å². The highest BCUT2D eigenvalue weighted by Crippen LogP contribution is 2.41. The molecule has 0 radical (unpaired) electrons. The first kappa shape index (κ1) is 24.1. The minimum absolute atomic E-state index is 0.0178. The van der Waals surface area contributed by atoms with Crippen molar-refractivity contribution in [2.24, 2.45) is 0 Å². The van der Waals surface area contributed by atoms with Crippen molar-refractivity contribution in [3.05, 3.63) is 100 Å². The molecule has 4 rings (SSSR count). The second-order valence-corrected chi connectivity index (χ2v) is 8.30. The van der Waals surface area contributed by atoms with Gasteiger partial charge in [-0.15, -0.1) is 0 Å². The molecule has 1 N–H and O–H groups in total. The molecule has 8 heteroatoms. The minimum Gasteiger partial charge on any atom is -0.455 e. The molecular formula is C27H18Cl2N2O4. The van der Waals surface area contributed by atoms with Gasteiger partial charge in [-0.2, -0.15) is 5.26 Å². The van der Waals surface area contributed by atoms with Crippen LogP contribution in [0.5, 0.6) is 0 Å². The quantitative estimate of drug-likeness (QED) is 0.289. The number of nitriles is 1. The van der Waals surface area contributed by atoms with Gasteiger partial charge in [0.15, 0.2) is 6.61 Å². The van der Waals surface area contributed by atoms with E-state index in [4.69, 9.17) is 32.4 Å². The maximum absolute atomic E-state index is 12.5. The Morgan fingerprint density at radius 1 is 0.914 bits per heavy atom. The summed E-state index contributed by atoms with van der Waals surface area (Å²) >= 11 is 11.8. The fourth-order valence-electron chi connectivity index (χ4n) is 3.47. The van der Waals surface area contributed by atoms with Crippen LogP contribution in [0.15, 0.2) is 83.3 Å². The first-order chi connectivity index (χ1) is 17.0. The van der Waals surface area contributed by atoms with E-state index in [0.717, 1.165) is 11.1 Å². The lowest BCUT2D eigenvalue weighted by Gasteiger charge is -2.06. The Labute approximate surface area is 211 Å². The van der Waals surface area contributed by atoms with Crippen molar-refractivity contribution in [1.82, 2.24) is 0 Å². The molecule has 1 amide bonds. The van der Waals surface area contributed by atoms with Gasteiger partial charge in [0.1, 0.15) is 17.4 Å². The number of carbonyl (C=O) groups is 2. The van der Waals surface area contributed by atoms with Crippen LogP contribution in [0.25, 0.3) is 22.5 Å². The summed E-state index contributed by atoms with van der Waals surface area (Å²) in [5, 5.41) is 13.1. The predicted octanol–water partition coefficient (Wildman–Crippen LogP) is 6.52. The maximum Gasteiger partial charge on any atom is 0.310 e. The summed E-state index contributed by atoms with van der Waals surface area (Å²) in [5.74, 6) is -0.832. The van der Waals surface area contributed by atoms with Gasteiger partial charge in [0.2, 0.25) is 5.88 Å². The van der Waals surface area contributed by atoms with Crippen LogP contribution >= 0.6 is 23.2 Å². The second-order valence-electron chi connectivity index (χ2n) is 7.49. The molecule has 0 saturated carbocycles. The largest absolute Gasteiger partial charge is 0.455 e. The van der Waals surface area contributed by atoms with Crippen molar-refractivity contribution < 1.29 is 18.7 Å². The highest BCUT2D eigenvalue weighted by molar-refractivity contribution is 6.42. The van der Waals surface area contributed by atoms with Crippen LogP contribution in [0.4, 0.5) is 5.88 Å². The molecule has 0 unspecified atom stereocenters. The van der Waals surface area contributed by atoms with E-state index in [1.54, 1.807) is 18.2 Å². The Balaban J connectivity index is 1.52. The minimum atomic E-state index is -0.642. The number of carbonyl (C=O) groups excluding carboxylic acids is 2. The van der Waals surface area contributed by atoms with Crippen LogP contribution in [-0.4, -0.2) is 18.5 Å². The Kier molecular flexibility index (Phi) is 7.51. The molecule has 0 fully saturated rings. The van der Waals surface area contributed by atoms with E-state index in [0.29, 0.717) is 26.9 Å². The molecule has 4 aromatic rings. The van der Waals surface area contributed by atoms with Crippen LogP contribution < -0.4 is 5.32 Å². The molecule has 1 aromatic heterocycles. The Morgan fingerprint density at radius 2 is 1.57 bits per heavy atom. The summed E-state index contributed by atoms with van der Waals surface area (Å²) in [6.07, 6.45) is -0.0787. The van der Waals surface area contributed by atoms with Crippen LogP contribution in [-0.2, 0) is 20.7 Å². The van der Waals surface area contributed by atoms with Gasteiger partial charge in [0.25, 0.3) is 5.91 Å². The van der Waals surface area contributed by atoms with Gasteiger partial charge < -0.3 is 9.15 Å². The van der Waals surface area contributed by atoms with E-state index in [-0.39, 0.29) is 17.9 Å². The van der Waals surface area contributed by atoms with Gasteiger partial charge in [0.05, 0.1) is 16.5 Å². The fourth-order valence-corrected chi connectivity index (χ4v) is 3.80. The zero-order valence-corrected chi connectivity index (χ0v) is 19.8. The number of amides is 1. The molecule has 0 aliphatic carbocycles. The van der Waals surface area contributed by atoms with Gasteiger partial charge in [-0.05, 0) is 23.3 Å². The third-order valence-corrected chi connectivity index (χ3v) is 5.81. The first-order valence-electron chi connectivity index (χ1n) is 10.5. The van der Waals surface area contributed by atoms with Crippen molar-refractivity contribution in [1.29, 1.82) is 5.26 Å². The van der Waals surface area contributed by atoms with Crippen LogP contribution in [0, 0.1) is 11.3 Å². The van der Waals surface area contributed by atoms with Crippen molar-refractivity contribution in [2.45, 2.75) is 6.42 Å². The molecule has 0 aliphatic heterocycles. The van der Waals surface area contributed by atoms with Crippen molar-refractivity contribution in [3.63, 3.8) is 0 Å². The van der Waals surface area contributed by atoms with Crippen LogP contribution in [0.2, 0.25) is 10.0 Å². The summed E-state index contributed by atoms with van der Waals surface area (Å²) in [4.78, 5) is 24.7. The maximum atomic E-state index is 12.5. The standard InChI is InChI=1S/C27H18Cl2N2O4/c28-21-12-11-17(13-22(21)29)14-24(33)34-16-23(32)31-27-20(15-30)25(18-7-3-1-4-8-18)26(35-27)19-9-5-2-6-10-19/h1-13H,14,16H2,(H,31,32).